The summed E-state index contributed by atoms with van der Waals surface area (Å²) in [5.74, 6) is 0.0166. The average molecular weight is 475 g/mol. The van der Waals surface area contributed by atoms with E-state index in [4.69, 9.17) is 11.6 Å². The zero-order valence-electron chi connectivity index (χ0n) is 18.8. The van der Waals surface area contributed by atoms with Gasteiger partial charge in [-0.05, 0) is 31.0 Å². The second kappa shape index (κ2) is 9.11. The van der Waals surface area contributed by atoms with Crippen LogP contribution in [0.3, 0.4) is 0 Å². The van der Waals surface area contributed by atoms with Crippen LogP contribution in [0, 0.1) is 6.92 Å². The van der Waals surface area contributed by atoms with Gasteiger partial charge in [0.25, 0.3) is 0 Å². The molecule has 5 aromatic rings. The summed E-state index contributed by atoms with van der Waals surface area (Å²) in [7, 11) is 0. The van der Waals surface area contributed by atoms with Gasteiger partial charge < -0.3 is 5.32 Å². The van der Waals surface area contributed by atoms with Crippen LogP contribution in [0.15, 0.2) is 61.2 Å². The van der Waals surface area contributed by atoms with Gasteiger partial charge in [0.05, 0.1) is 18.4 Å². The Labute approximate surface area is 201 Å². The molecule has 1 amide bonds. The highest BCUT2D eigenvalue weighted by molar-refractivity contribution is 6.33. The van der Waals surface area contributed by atoms with E-state index in [1.807, 2.05) is 61.1 Å². The molecule has 1 N–H and O–H groups in total. The summed E-state index contributed by atoms with van der Waals surface area (Å²) in [6, 6.07) is 12.0. The largest absolute Gasteiger partial charge is 0.306 e. The third-order valence-electron chi connectivity index (χ3n) is 5.52. The molecule has 0 fully saturated rings. The summed E-state index contributed by atoms with van der Waals surface area (Å²) in [5.41, 5.74) is 4.56. The van der Waals surface area contributed by atoms with Gasteiger partial charge in [-0.25, -0.2) is 9.67 Å². The summed E-state index contributed by atoms with van der Waals surface area (Å²) in [5, 5.41) is 17.3. The van der Waals surface area contributed by atoms with Crippen molar-refractivity contribution >= 4 is 34.4 Å². The minimum absolute atomic E-state index is 0.0119. The molecule has 1 aromatic carbocycles. The van der Waals surface area contributed by atoms with Crippen molar-refractivity contribution in [2.75, 3.05) is 5.32 Å². The van der Waals surface area contributed by atoms with Crippen molar-refractivity contribution in [1.82, 2.24) is 34.3 Å². The van der Waals surface area contributed by atoms with E-state index in [0.29, 0.717) is 23.0 Å². The highest BCUT2D eigenvalue weighted by Crippen LogP contribution is 2.29. The van der Waals surface area contributed by atoms with E-state index in [9.17, 15) is 4.79 Å². The third kappa shape index (κ3) is 4.29. The molecule has 9 nitrogen and oxygen atoms in total. The minimum atomic E-state index is -0.290. The summed E-state index contributed by atoms with van der Waals surface area (Å²) < 4.78 is 5.13. The van der Waals surface area contributed by atoms with Crippen LogP contribution in [0.5, 0.6) is 0 Å². The number of hydrogen-bond acceptors (Lipinski definition) is 5. The van der Waals surface area contributed by atoms with Crippen molar-refractivity contribution in [3.05, 3.63) is 77.5 Å². The maximum absolute atomic E-state index is 12.8. The third-order valence-corrected chi connectivity index (χ3v) is 5.79. The van der Waals surface area contributed by atoms with Crippen LogP contribution in [0.4, 0.5) is 5.82 Å². The molecule has 4 heterocycles. The first kappa shape index (κ1) is 21.8. The topological polar surface area (TPSA) is 95.5 Å². The lowest BCUT2D eigenvalue weighted by Gasteiger charge is -2.06. The smallest absolute Gasteiger partial charge is 0.247 e. The van der Waals surface area contributed by atoms with Crippen molar-refractivity contribution in [3.8, 4) is 11.1 Å². The van der Waals surface area contributed by atoms with Gasteiger partial charge in [0, 0.05) is 36.1 Å². The van der Waals surface area contributed by atoms with E-state index >= 15 is 0 Å². The number of nitrogens with zero attached hydrogens (tertiary/aromatic N) is 7. The number of pyridine rings is 1. The SMILES string of the molecule is CCn1cc(Cn2cc(Cl)c(NC(=O)Cn3nc(C)c4c(-c5ccccc5)ccnc43)n2)cn1. The molecule has 0 aliphatic rings. The molecular weight excluding hydrogens is 452 g/mol. The molecule has 0 bridgehead atoms. The molecule has 34 heavy (non-hydrogen) atoms. The predicted octanol–water partition coefficient (Wildman–Crippen LogP) is 4.16. The number of halogens is 1. The Kier molecular flexibility index (Phi) is 5.85. The van der Waals surface area contributed by atoms with Crippen molar-refractivity contribution in [3.63, 3.8) is 0 Å². The molecule has 172 valence electrons. The van der Waals surface area contributed by atoms with E-state index in [0.717, 1.165) is 34.3 Å². The summed E-state index contributed by atoms with van der Waals surface area (Å²) in [4.78, 5) is 17.3. The van der Waals surface area contributed by atoms with Gasteiger partial charge in [-0.3, -0.25) is 14.2 Å². The van der Waals surface area contributed by atoms with E-state index < -0.39 is 0 Å². The van der Waals surface area contributed by atoms with E-state index in [1.165, 1.54) is 0 Å². The lowest BCUT2D eigenvalue weighted by Crippen LogP contribution is -2.20. The van der Waals surface area contributed by atoms with Crippen LogP contribution in [0.1, 0.15) is 18.2 Å². The molecule has 0 radical (unpaired) electrons. The van der Waals surface area contributed by atoms with E-state index in [2.05, 4.69) is 25.6 Å². The standard InChI is InChI=1S/C24H23ClN8O/c1-3-31-12-17(11-27-31)13-32-14-20(25)23(30-32)28-21(34)15-33-24-22(16(2)29-33)19(9-10-26-24)18-7-5-4-6-8-18/h4-12,14H,3,13,15H2,1-2H3,(H,28,30,34). The van der Waals surface area contributed by atoms with Gasteiger partial charge in [-0.1, -0.05) is 41.9 Å². The van der Waals surface area contributed by atoms with Gasteiger partial charge in [-0.2, -0.15) is 15.3 Å². The molecule has 5 rings (SSSR count). The number of anilines is 1. The summed E-state index contributed by atoms with van der Waals surface area (Å²) in [6.45, 7) is 5.23. The number of carbonyl (C=O) groups excluding carboxylic acids is 1. The first-order valence-electron chi connectivity index (χ1n) is 10.9. The molecule has 10 heteroatoms. The van der Waals surface area contributed by atoms with Crippen LogP contribution < -0.4 is 5.32 Å². The molecule has 0 saturated heterocycles. The zero-order chi connectivity index (χ0) is 23.7. The molecule has 0 spiro atoms. The first-order valence-corrected chi connectivity index (χ1v) is 11.3. The molecule has 0 aliphatic carbocycles. The lowest BCUT2D eigenvalue weighted by molar-refractivity contribution is -0.116. The van der Waals surface area contributed by atoms with Crippen LogP contribution in [0.25, 0.3) is 22.2 Å². The van der Waals surface area contributed by atoms with Gasteiger partial charge in [-0.15, -0.1) is 0 Å². The molecule has 0 aliphatic heterocycles. The van der Waals surface area contributed by atoms with Crippen LogP contribution in [-0.4, -0.2) is 40.2 Å². The number of hydrogen-bond donors (Lipinski definition) is 1. The van der Waals surface area contributed by atoms with Crippen LogP contribution in [-0.2, 0) is 24.4 Å². The Hall–Kier alpha value is -3.98. The van der Waals surface area contributed by atoms with Crippen molar-refractivity contribution in [2.45, 2.75) is 33.5 Å². The number of amides is 1. The number of benzene rings is 1. The second-order valence-electron chi connectivity index (χ2n) is 7.94. The predicted molar refractivity (Wildman–Crippen MR) is 131 cm³/mol. The number of rotatable bonds is 7. The molecular formula is C24H23ClN8O. The van der Waals surface area contributed by atoms with Gasteiger partial charge in [0.1, 0.15) is 11.6 Å². The van der Waals surface area contributed by atoms with Crippen LogP contribution >= 0.6 is 11.6 Å². The van der Waals surface area contributed by atoms with Gasteiger partial charge in [0.2, 0.25) is 5.91 Å². The number of nitrogens with one attached hydrogen (secondary N) is 1. The Morgan fingerprint density at radius 2 is 1.91 bits per heavy atom. The van der Waals surface area contributed by atoms with Crippen molar-refractivity contribution in [2.24, 2.45) is 0 Å². The van der Waals surface area contributed by atoms with E-state index in [1.54, 1.807) is 28.0 Å². The number of aromatic nitrogens is 7. The average Bonchev–Trinajstić information content (AvgIpc) is 3.52. The van der Waals surface area contributed by atoms with Gasteiger partial charge in [0.15, 0.2) is 11.5 Å². The minimum Gasteiger partial charge on any atom is -0.306 e. The number of carbonyl (C=O) groups is 1. The maximum atomic E-state index is 12.8. The normalized spacial score (nSPS) is 11.3. The molecule has 4 aromatic heterocycles. The Morgan fingerprint density at radius 1 is 1.09 bits per heavy atom. The monoisotopic (exact) mass is 474 g/mol. The van der Waals surface area contributed by atoms with E-state index in [-0.39, 0.29) is 12.5 Å². The molecule has 0 unspecified atom stereocenters. The van der Waals surface area contributed by atoms with Gasteiger partial charge >= 0.3 is 0 Å². The van der Waals surface area contributed by atoms with Crippen molar-refractivity contribution in [1.29, 1.82) is 0 Å². The molecule has 0 atom stereocenters. The number of aryl methyl sites for hydroxylation is 2. The quantitative estimate of drug-likeness (QED) is 0.382. The lowest BCUT2D eigenvalue weighted by atomic mass is 10.0. The van der Waals surface area contributed by atoms with Crippen LogP contribution in [0.2, 0.25) is 5.02 Å². The Morgan fingerprint density at radius 3 is 2.68 bits per heavy atom. The Balaban J connectivity index is 1.34. The summed E-state index contributed by atoms with van der Waals surface area (Å²) >= 11 is 6.32. The summed E-state index contributed by atoms with van der Waals surface area (Å²) in [6.07, 6.45) is 7.16. The Bertz CT molecular complexity index is 1470. The highest BCUT2D eigenvalue weighted by Gasteiger charge is 2.17. The fraction of sp³-hybridized carbons (Fsp3) is 0.208. The fourth-order valence-corrected chi connectivity index (χ4v) is 4.17. The maximum Gasteiger partial charge on any atom is 0.247 e. The van der Waals surface area contributed by atoms with Crippen molar-refractivity contribution < 1.29 is 4.79 Å². The second-order valence-corrected chi connectivity index (χ2v) is 8.35. The zero-order valence-corrected chi connectivity index (χ0v) is 19.6. The highest BCUT2D eigenvalue weighted by atomic mass is 35.5. The number of fused-ring (bicyclic) bond motifs is 1. The molecule has 0 saturated carbocycles. The first-order chi connectivity index (χ1) is 16.5. The fourth-order valence-electron chi connectivity index (χ4n) is 3.97.